The smallest absolute Gasteiger partial charge is 0.243 e. The molecule has 0 amide bonds. The number of sulfonamides is 1. The molecule has 3 N–H and O–H groups in total. The molecule has 1 aromatic carbocycles. The van der Waals surface area contributed by atoms with Crippen molar-refractivity contribution in [3.05, 3.63) is 22.2 Å². The molecular formula is C13H19BrN2O3S. The normalized spacial score (nSPS) is 22.1. The third kappa shape index (κ3) is 2.86. The van der Waals surface area contributed by atoms with Gasteiger partial charge >= 0.3 is 0 Å². The maximum Gasteiger partial charge on any atom is 0.243 e. The van der Waals surface area contributed by atoms with Crippen LogP contribution in [-0.4, -0.2) is 37.0 Å². The first-order valence-corrected chi connectivity index (χ1v) is 8.70. The summed E-state index contributed by atoms with van der Waals surface area (Å²) in [6.07, 6.45) is 0.184. The van der Waals surface area contributed by atoms with Gasteiger partial charge < -0.3 is 10.8 Å². The summed E-state index contributed by atoms with van der Waals surface area (Å²) in [6, 6.07) is 3.27. The van der Waals surface area contributed by atoms with Crippen LogP contribution in [0.5, 0.6) is 0 Å². The largest absolute Gasteiger partial charge is 0.398 e. The number of halogens is 1. The molecule has 1 aromatic rings. The maximum absolute atomic E-state index is 12.7. The van der Waals surface area contributed by atoms with Crippen LogP contribution in [0.15, 0.2) is 21.5 Å². The molecule has 1 heterocycles. The lowest BCUT2D eigenvalue weighted by atomic mass is 10.0. The summed E-state index contributed by atoms with van der Waals surface area (Å²) < 4.78 is 27.5. The average Bonchev–Trinajstić information content (AvgIpc) is 2.83. The van der Waals surface area contributed by atoms with Gasteiger partial charge in [0.05, 0.1) is 11.0 Å². The van der Waals surface area contributed by atoms with Crippen LogP contribution < -0.4 is 5.73 Å². The third-order valence-corrected chi connectivity index (χ3v) is 6.30. The van der Waals surface area contributed by atoms with Crippen LogP contribution in [0.1, 0.15) is 18.9 Å². The van der Waals surface area contributed by atoms with Gasteiger partial charge in [0.15, 0.2) is 0 Å². The molecule has 1 saturated heterocycles. The number of benzene rings is 1. The summed E-state index contributed by atoms with van der Waals surface area (Å²) in [5, 5.41) is 9.60. The van der Waals surface area contributed by atoms with Gasteiger partial charge in [-0.25, -0.2) is 8.42 Å². The molecule has 5 nitrogen and oxygen atoms in total. The Labute approximate surface area is 128 Å². The highest BCUT2D eigenvalue weighted by atomic mass is 79.9. The van der Waals surface area contributed by atoms with Crippen molar-refractivity contribution in [3.63, 3.8) is 0 Å². The number of rotatable bonds is 3. The quantitative estimate of drug-likeness (QED) is 0.802. The second-order valence-electron chi connectivity index (χ2n) is 5.27. The van der Waals surface area contributed by atoms with Crippen molar-refractivity contribution in [2.24, 2.45) is 5.92 Å². The SMILES string of the molecule is Cc1c(N)cc(Br)cc1S(=O)(=O)N1CCC(C(C)O)C1. The summed E-state index contributed by atoms with van der Waals surface area (Å²) in [5.74, 6) is -0.00502. The van der Waals surface area contributed by atoms with Crippen molar-refractivity contribution in [1.82, 2.24) is 4.31 Å². The van der Waals surface area contributed by atoms with Gasteiger partial charge in [0, 0.05) is 23.2 Å². The van der Waals surface area contributed by atoms with Crippen LogP contribution in [-0.2, 0) is 10.0 Å². The van der Waals surface area contributed by atoms with E-state index in [-0.39, 0.29) is 10.8 Å². The minimum atomic E-state index is -3.57. The molecule has 0 spiro atoms. The van der Waals surface area contributed by atoms with Gasteiger partial charge in [-0.2, -0.15) is 4.31 Å². The molecule has 1 aliphatic heterocycles. The molecule has 7 heteroatoms. The Kier molecular flexibility index (Phi) is 4.44. The highest BCUT2D eigenvalue weighted by molar-refractivity contribution is 9.10. The van der Waals surface area contributed by atoms with Crippen molar-refractivity contribution in [2.75, 3.05) is 18.8 Å². The van der Waals surface area contributed by atoms with Crippen molar-refractivity contribution in [3.8, 4) is 0 Å². The van der Waals surface area contributed by atoms with E-state index in [1.807, 2.05) is 0 Å². The van der Waals surface area contributed by atoms with Crippen molar-refractivity contribution >= 4 is 31.6 Å². The number of nitrogens with zero attached hydrogens (tertiary/aromatic N) is 1. The number of aliphatic hydroxyl groups is 1. The molecule has 0 aromatic heterocycles. The van der Waals surface area contributed by atoms with E-state index < -0.39 is 16.1 Å². The highest BCUT2D eigenvalue weighted by Gasteiger charge is 2.35. The fraction of sp³-hybridized carbons (Fsp3) is 0.538. The molecule has 2 rings (SSSR count). The number of hydrogen-bond donors (Lipinski definition) is 2. The summed E-state index contributed by atoms with van der Waals surface area (Å²) in [5.41, 5.74) is 6.85. The minimum absolute atomic E-state index is 0.00502. The van der Waals surface area contributed by atoms with Gasteiger partial charge in [-0.05, 0) is 43.9 Å². The number of nitrogens with two attached hydrogens (primary N) is 1. The lowest BCUT2D eigenvalue weighted by Crippen LogP contribution is -2.31. The van der Waals surface area contributed by atoms with E-state index in [1.165, 1.54) is 4.31 Å². The van der Waals surface area contributed by atoms with E-state index in [0.717, 1.165) is 0 Å². The Morgan fingerprint density at radius 2 is 2.15 bits per heavy atom. The van der Waals surface area contributed by atoms with Crippen LogP contribution in [0.2, 0.25) is 0 Å². The van der Waals surface area contributed by atoms with E-state index in [9.17, 15) is 13.5 Å². The maximum atomic E-state index is 12.7. The zero-order valence-electron chi connectivity index (χ0n) is 11.5. The van der Waals surface area contributed by atoms with Gasteiger partial charge in [0.1, 0.15) is 0 Å². The van der Waals surface area contributed by atoms with E-state index >= 15 is 0 Å². The third-order valence-electron chi connectivity index (χ3n) is 3.85. The lowest BCUT2D eigenvalue weighted by molar-refractivity contribution is 0.133. The first kappa shape index (κ1) is 15.8. The second kappa shape index (κ2) is 5.63. The van der Waals surface area contributed by atoms with Crippen molar-refractivity contribution < 1.29 is 13.5 Å². The van der Waals surface area contributed by atoms with Crippen molar-refractivity contribution in [1.29, 1.82) is 0 Å². The number of nitrogen functional groups attached to an aromatic ring is 1. The Balaban J connectivity index is 2.37. The lowest BCUT2D eigenvalue weighted by Gasteiger charge is -2.19. The summed E-state index contributed by atoms with van der Waals surface area (Å²) in [4.78, 5) is 0.232. The molecule has 0 saturated carbocycles. The molecule has 20 heavy (non-hydrogen) atoms. The van der Waals surface area contributed by atoms with Crippen LogP contribution >= 0.6 is 15.9 Å². The number of anilines is 1. The van der Waals surface area contributed by atoms with Gasteiger partial charge in [0.2, 0.25) is 10.0 Å². The van der Waals surface area contributed by atoms with E-state index in [2.05, 4.69) is 15.9 Å². The molecule has 2 unspecified atom stereocenters. The van der Waals surface area contributed by atoms with Gasteiger partial charge in [0.25, 0.3) is 0 Å². The predicted octanol–water partition coefficient (Wildman–Crippen LogP) is 1.73. The molecule has 2 atom stereocenters. The van der Waals surface area contributed by atoms with Gasteiger partial charge in [-0.15, -0.1) is 0 Å². The predicted molar refractivity (Wildman–Crippen MR) is 81.8 cm³/mol. The second-order valence-corrected chi connectivity index (χ2v) is 8.09. The van der Waals surface area contributed by atoms with E-state index in [0.29, 0.717) is 35.2 Å². The Bertz CT molecular complexity index is 616. The molecule has 0 aliphatic carbocycles. The summed E-state index contributed by atoms with van der Waals surface area (Å²) >= 11 is 3.28. The van der Waals surface area contributed by atoms with Crippen LogP contribution in [0, 0.1) is 12.8 Å². The molecule has 1 aliphatic rings. The van der Waals surface area contributed by atoms with Crippen LogP contribution in [0.25, 0.3) is 0 Å². The zero-order valence-corrected chi connectivity index (χ0v) is 13.9. The Morgan fingerprint density at radius 1 is 1.50 bits per heavy atom. The van der Waals surface area contributed by atoms with Crippen LogP contribution in [0.3, 0.4) is 0 Å². The monoisotopic (exact) mass is 362 g/mol. The van der Waals surface area contributed by atoms with Gasteiger partial charge in [-0.1, -0.05) is 15.9 Å². The first-order valence-electron chi connectivity index (χ1n) is 6.47. The van der Waals surface area contributed by atoms with E-state index in [1.54, 1.807) is 26.0 Å². The molecule has 0 bridgehead atoms. The van der Waals surface area contributed by atoms with E-state index in [4.69, 9.17) is 5.73 Å². The van der Waals surface area contributed by atoms with Gasteiger partial charge in [-0.3, -0.25) is 0 Å². The fourth-order valence-corrected chi connectivity index (χ4v) is 4.87. The average molecular weight is 363 g/mol. The Morgan fingerprint density at radius 3 is 2.70 bits per heavy atom. The molecule has 112 valence electrons. The zero-order chi connectivity index (χ0) is 15.1. The molecular weight excluding hydrogens is 344 g/mol. The van der Waals surface area contributed by atoms with Crippen molar-refractivity contribution in [2.45, 2.75) is 31.3 Å². The highest BCUT2D eigenvalue weighted by Crippen LogP contribution is 2.31. The van der Waals surface area contributed by atoms with Crippen LogP contribution in [0.4, 0.5) is 5.69 Å². The first-order chi connectivity index (χ1) is 9.23. The number of aliphatic hydroxyl groups excluding tert-OH is 1. The standard InChI is InChI=1S/C13H19BrN2O3S/c1-8-12(15)5-11(14)6-13(8)20(18,19)16-4-3-10(7-16)9(2)17/h5-6,9-10,17H,3-4,7,15H2,1-2H3. The fourth-order valence-electron chi connectivity index (χ4n) is 2.45. The molecule has 0 radical (unpaired) electrons. The minimum Gasteiger partial charge on any atom is -0.398 e. The topological polar surface area (TPSA) is 83.6 Å². The number of hydrogen-bond acceptors (Lipinski definition) is 4. The molecule has 1 fully saturated rings. The summed E-state index contributed by atoms with van der Waals surface area (Å²) in [7, 11) is -3.57. The summed E-state index contributed by atoms with van der Waals surface area (Å²) in [6.45, 7) is 4.19. The Hall–Kier alpha value is -0.630.